The van der Waals surface area contributed by atoms with Crippen LogP contribution in [0.25, 0.3) is 0 Å². The lowest BCUT2D eigenvalue weighted by Crippen LogP contribution is -2.52. The van der Waals surface area contributed by atoms with Crippen LogP contribution in [0.5, 0.6) is 0 Å². The fraction of sp³-hybridized carbons (Fsp3) is 0.900. The zero-order valence-electron chi connectivity index (χ0n) is 14.7. The average Bonchev–Trinajstić information content (AvgIpc) is 2.46. The number of fused-ring (bicyclic) bond motifs is 3. The van der Waals surface area contributed by atoms with E-state index in [1.165, 1.54) is 44.9 Å². The van der Waals surface area contributed by atoms with Crippen molar-refractivity contribution in [2.75, 3.05) is 13.2 Å². The molecule has 2 heteroatoms. The van der Waals surface area contributed by atoms with Crippen molar-refractivity contribution >= 4 is 0 Å². The van der Waals surface area contributed by atoms with E-state index in [-0.39, 0.29) is 10.8 Å². The summed E-state index contributed by atoms with van der Waals surface area (Å²) in [4.78, 5) is 0. The van der Waals surface area contributed by atoms with Crippen molar-refractivity contribution < 1.29 is 10.2 Å². The quantitative estimate of drug-likeness (QED) is 0.763. The van der Waals surface area contributed by atoms with Gasteiger partial charge in [-0.25, -0.2) is 0 Å². The summed E-state index contributed by atoms with van der Waals surface area (Å²) < 4.78 is 0. The van der Waals surface area contributed by atoms with Crippen LogP contribution in [-0.4, -0.2) is 23.4 Å². The van der Waals surface area contributed by atoms with Crippen molar-refractivity contribution in [2.24, 2.45) is 28.1 Å². The van der Waals surface area contributed by atoms with E-state index in [0.717, 1.165) is 6.42 Å². The highest BCUT2D eigenvalue weighted by molar-refractivity contribution is 5.24. The van der Waals surface area contributed by atoms with Crippen LogP contribution in [0.1, 0.15) is 72.1 Å². The highest BCUT2D eigenvalue weighted by Gasteiger charge is 2.55. The summed E-state index contributed by atoms with van der Waals surface area (Å²) in [6.07, 6.45) is 12.1. The molecule has 0 radical (unpaired) electrons. The topological polar surface area (TPSA) is 40.5 Å². The Labute approximate surface area is 136 Å². The monoisotopic (exact) mass is 306 g/mol. The molecule has 2 saturated carbocycles. The van der Waals surface area contributed by atoms with Crippen molar-refractivity contribution in [3.8, 4) is 0 Å². The van der Waals surface area contributed by atoms with Crippen molar-refractivity contribution in [2.45, 2.75) is 72.1 Å². The molecule has 0 saturated heterocycles. The first-order valence-electron chi connectivity index (χ1n) is 9.30. The molecule has 0 heterocycles. The van der Waals surface area contributed by atoms with E-state index in [4.69, 9.17) is 0 Å². The van der Waals surface area contributed by atoms with E-state index in [1.54, 1.807) is 5.57 Å². The molecule has 0 bridgehead atoms. The molecule has 3 aliphatic carbocycles. The van der Waals surface area contributed by atoms with E-state index in [1.807, 2.05) is 0 Å². The zero-order chi connectivity index (χ0) is 16.0. The first kappa shape index (κ1) is 16.5. The van der Waals surface area contributed by atoms with E-state index in [9.17, 15) is 10.2 Å². The van der Waals surface area contributed by atoms with Crippen LogP contribution in [0.4, 0.5) is 0 Å². The number of hydrogen-bond donors (Lipinski definition) is 2. The van der Waals surface area contributed by atoms with Crippen molar-refractivity contribution in [3.05, 3.63) is 11.6 Å². The second-order valence-electron chi connectivity index (χ2n) is 9.20. The molecule has 3 aliphatic rings. The molecule has 0 amide bonds. The van der Waals surface area contributed by atoms with Gasteiger partial charge in [0.1, 0.15) is 0 Å². The summed E-state index contributed by atoms with van der Waals surface area (Å²) in [5.74, 6) is 1.38. The Bertz CT molecular complexity index is 457. The normalized spacial score (nSPS) is 48.3. The summed E-state index contributed by atoms with van der Waals surface area (Å²) in [5.41, 5.74) is 2.38. The molecule has 0 aromatic heterocycles. The molecular formula is C20H34O2. The molecular weight excluding hydrogens is 272 g/mol. The highest BCUT2D eigenvalue weighted by atomic mass is 16.3. The number of allylic oxidation sites excluding steroid dienone is 2. The lowest BCUT2D eigenvalue weighted by atomic mass is 9.45. The Morgan fingerprint density at radius 2 is 1.86 bits per heavy atom. The first-order chi connectivity index (χ1) is 10.4. The predicted molar refractivity (Wildman–Crippen MR) is 90.5 cm³/mol. The molecule has 0 aliphatic heterocycles. The molecule has 22 heavy (non-hydrogen) atoms. The zero-order valence-corrected chi connectivity index (χ0v) is 14.7. The van der Waals surface area contributed by atoms with Crippen LogP contribution in [0.15, 0.2) is 11.6 Å². The average molecular weight is 306 g/mol. The Kier molecular flexibility index (Phi) is 4.23. The molecule has 3 rings (SSSR count). The van der Waals surface area contributed by atoms with E-state index in [0.29, 0.717) is 30.5 Å². The third-order valence-electron chi connectivity index (χ3n) is 7.65. The highest BCUT2D eigenvalue weighted by Crippen LogP contribution is 2.63. The molecule has 2 fully saturated rings. The van der Waals surface area contributed by atoms with Gasteiger partial charge in [0.2, 0.25) is 0 Å². The van der Waals surface area contributed by atoms with Gasteiger partial charge in [-0.05, 0) is 73.0 Å². The van der Waals surface area contributed by atoms with Gasteiger partial charge >= 0.3 is 0 Å². The molecule has 0 aromatic carbocycles. The number of rotatable bonds is 3. The van der Waals surface area contributed by atoms with Crippen LogP contribution in [0, 0.1) is 28.1 Å². The van der Waals surface area contributed by atoms with Gasteiger partial charge in [-0.1, -0.05) is 38.8 Å². The van der Waals surface area contributed by atoms with Gasteiger partial charge in [0.25, 0.3) is 0 Å². The van der Waals surface area contributed by atoms with Crippen molar-refractivity contribution in [1.82, 2.24) is 0 Å². The van der Waals surface area contributed by atoms with Gasteiger partial charge in [-0.15, -0.1) is 0 Å². The van der Waals surface area contributed by atoms with Gasteiger partial charge in [-0.2, -0.15) is 0 Å². The molecule has 0 aromatic rings. The Balaban J connectivity index is 1.91. The first-order valence-corrected chi connectivity index (χ1v) is 9.30. The minimum Gasteiger partial charge on any atom is -0.396 e. The lowest BCUT2D eigenvalue weighted by Gasteiger charge is -2.60. The number of aliphatic hydroxyl groups is 2. The molecule has 2 nitrogen and oxygen atoms in total. The van der Waals surface area contributed by atoms with Crippen LogP contribution in [-0.2, 0) is 0 Å². The summed E-state index contributed by atoms with van der Waals surface area (Å²) in [7, 11) is 0. The summed E-state index contributed by atoms with van der Waals surface area (Å²) >= 11 is 0. The fourth-order valence-corrected chi connectivity index (χ4v) is 6.35. The third-order valence-corrected chi connectivity index (χ3v) is 7.65. The SMILES string of the molecule is C[C@@]1(CCO)C=C2CC[C@H]3[C@](C)(CO)CCC[C@]3(C)[C@H]2CC1. The van der Waals surface area contributed by atoms with Crippen LogP contribution in [0.3, 0.4) is 0 Å². The summed E-state index contributed by atoms with van der Waals surface area (Å²) in [5, 5.41) is 19.4. The maximum absolute atomic E-state index is 10.0. The molecule has 0 spiro atoms. The lowest BCUT2D eigenvalue weighted by molar-refractivity contribution is -0.0902. The van der Waals surface area contributed by atoms with Gasteiger partial charge in [0.15, 0.2) is 0 Å². The smallest absolute Gasteiger partial charge is 0.0487 e. The maximum Gasteiger partial charge on any atom is 0.0487 e. The van der Waals surface area contributed by atoms with E-state index in [2.05, 4.69) is 26.8 Å². The molecule has 0 unspecified atom stereocenters. The predicted octanol–water partition coefficient (Wildman–Crippen LogP) is 4.31. The summed E-state index contributed by atoms with van der Waals surface area (Å²) in [6.45, 7) is 7.80. The van der Waals surface area contributed by atoms with Gasteiger partial charge in [0, 0.05) is 13.2 Å². The van der Waals surface area contributed by atoms with Gasteiger partial charge in [-0.3, -0.25) is 0 Å². The second-order valence-corrected chi connectivity index (χ2v) is 9.20. The number of aliphatic hydroxyl groups excluding tert-OH is 2. The fourth-order valence-electron chi connectivity index (χ4n) is 6.35. The maximum atomic E-state index is 10.0. The van der Waals surface area contributed by atoms with E-state index < -0.39 is 0 Å². The van der Waals surface area contributed by atoms with Gasteiger partial charge in [0.05, 0.1) is 0 Å². The molecule has 126 valence electrons. The Morgan fingerprint density at radius 1 is 1.09 bits per heavy atom. The van der Waals surface area contributed by atoms with Crippen LogP contribution < -0.4 is 0 Å². The van der Waals surface area contributed by atoms with Crippen LogP contribution in [0.2, 0.25) is 0 Å². The third kappa shape index (κ3) is 2.47. The standard InChI is InChI=1S/C20H34O2/c1-18(11-12-21)10-7-16-15(13-18)5-6-17-19(2,14-22)8-4-9-20(16,17)3/h13,16-17,21-22H,4-12,14H2,1-3H3/t16-,17-,18+,19-,20+/m0/s1. The second kappa shape index (κ2) is 5.63. The summed E-state index contributed by atoms with van der Waals surface area (Å²) in [6, 6.07) is 0. The Hall–Kier alpha value is -0.340. The molecule has 2 N–H and O–H groups in total. The molecule has 5 atom stereocenters. The minimum atomic E-state index is 0.129. The largest absolute Gasteiger partial charge is 0.396 e. The van der Waals surface area contributed by atoms with Crippen molar-refractivity contribution in [3.63, 3.8) is 0 Å². The van der Waals surface area contributed by atoms with Crippen molar-refractivity contribution in [1.29, 1.82) is 0 Å². The van der Waals surface area contributed by atoms with Crippen LogP contribution >= 0.6 is 0 Å². The minimum absolute atomic E-state index is 0.129. The Morgan fingerprint density at radius 3 is 2.55 bits per heavy atom. The number of hydrogen-bond acceptors (Lipinski definition) is 2. The van der Waals surface area contributed by atoms with Gasteiger partial charge < -0.3 is 10.2 Å². The van der Waals surface area contributed by atoms with E-state index >= 15 is 0 Å².